The lowest BCUT2D eigenvalue weighted by Gasteiger charge is -2.20. The van der Waals surface area contributed by atoms with Crippen molar-refractivity contribution in [3.63, 3.8) is 0 Å². The van der Waals surface area contributed by atoms with E-state index in [0.29, 0.717) is 18.1 Å². The number of nitrogens with zero attached hydrogens (tertiary/aromatic N) is 1. The molecule has 0 spiro atoms. The van der Waals surface area contributed by atoms with Gasteiger partial charge in [0.1, 0.15) is 5.75 Å². The van der Waals surface area contributed by atoms with E-state index in [9.17, 15) is 0 Å². The highest BCUT2D eigenvalue weighted by Gasteiger charge is 2.17. The number of hydrogen-bond donors (Lipinski definition) is 1. The summed E-state index contributed by atoms with van der Waals surface area (Å²) in [6.07, 6.45) is 0.696. The van der Waals surface area contributed by atoms with Gasteiger partial charge in [-0.15, -0.1) is 0 Å². The molecule has 1 atom stereocenters. The number of nitrogens with one attached hydrogen (secondary N) is 1. The SMILES string of the molecule is CCNC(C)c1cc(Cl)ccc1OCCC(C)(C)C#N. The molecule has 0 aliphatic carbocycles. The molecule has 20 heavy (non-hydrogen) atoms. The van der Waals surface area contributed by atoms with Crippen molar-refractivity contribution in [1.29, 1.82) is 5.26 Å². The Morgan fingerprint density at radius 2 is 2.15 bits per heavy atom. The summed E-state index contributed by atoms with van der Waals surface area (Å²) >= 11 is 6.06. The van der Waals surface area contributed by atoms with Gasteiger partial charge in [0, 0.05) is 16.6 Å². The molecule has 1 N–H and O–H groups in total. The smallest absolute Gasteiger partial charge is 0.124 e. The molecule has 1 aromatic rings. The largest absolute Gasteiger partial charge is 0.493 e. The summed E-state index contributed by atoms with van der Waals surface area (Å²) in [7, 11) is 0. The Morgan fingerprint density at radius 3 is 2.75 bits per heavy atom. The highest BCUT2D eigenvalue weighted by molar-refractivity contribution is 6.30. The van der Waals surface area contributed by atoms with E-state index in [4.69, 9.17) is 21.6 Å². The minimum absolute atomic E-state index is 0.178. The molecule has 0 amide bonds. The Balaban J connectivity index is 2.77. The van der Waals surface area contributed by atoms with Crippen LogP contribution in [0.3, 0.4) is 0 Å². The minimum atomic E-state index is -0.361. The van der Waals surface area contributed by atoms with Gasteiger partial charge in [0.25, 0.3) is 0 Å². The van der Waals surface area contributed by atoms with Crippen LogP contribution in [0.15, 0.2) is 18.2 Å². The fourth-order valence-corrected chi connectivity index (χ4v) is 2.06. The van der Waals surface area contributed by atoms with E-state index in [1.807, 2.05) is 32.0 Å². The van der Waals surface area contributed by atoms with Crippen molar-refractivity contribution in [3.05, 3.63) is 28.8 Å². The molecule has 0 saturated carbocycles. The monoisotopic (exact) mass is 294 g/mol. The number of ether oxygens (including phenoxy) is 1. The zero-order valence-corrected chi connectivity index (χ0v) is 13.4. The third-order valence-corrected chi connectivity index (χ3v) is 3.47. The Morgan fingerprint density at radius 1 is 1.45 bits per heavy atom. The molecule has 0 aliphatic rings. The molecule has 0 radical (unpaired) electrons. The molecule has 0 bridgehead atoms. The van der Waals surface area contributed by atoms with Crippen LogP contribution in [0, 0.1) is 16.7 Å². The van der Waals surface area contributed by atoms with Gasteiger partial charge < -0.3 is 10.1 Å². The summed E-state index contributed by atoms with van der Waals surface area (Å²) in [4.78, 5) is 0. The summed E-state index contributed by atoms with van der Waals surface area (Å²) < 4.78 is 5.85. The van der Waals surface area contributed by atoms with Crippen LogP contribution in [-0.4, -0.2) is 13.2 Å². The molecule has 0 aromatic heterocycles. The maximum absolute atomic E-state index is 9.01. The Hall–Kier alpha value is -1.24. The van der Waals surface area contributed by atoms with Crippen LogP contribution in [0.1, 0.15) is 45.7 Å². The van der Waals surface area contributed by atoms with E-state index in [1.165, 1.54) is 0 Å². The maximum Gasteiger partial charge on any atom is 0.124 e. The quantitative estimate of drug-likeness (QED) is 0.814. The van der Waals surface area contributed by atoms with E-state index in [1.54, 1.807) is 0 Å². The maximum atomic E-state index is 9.01. The molecular formula is C16H23ClN2O. The molecule has 1 aromatic carbocycles. The van der Waals surface area contributed by atoms with Gasteiger partial charge in [-0.3, -0.25) is 0 Å². The summed E-state index contributed by atoms with van der Waals surface area (Å²) in [6, 6.07) is 8.11. The highest BCUT2D eigenvalue weighted by Crippen LogP contribution is 2.29. The van der Waals surface area contributed by atoms with Gasteiger partial charge in [-0.1, -0.05) is 18.5 Å². The molecule has 0 fully saturated rings. The van der Waals surface area contributed by atoms with Gasteiger partial charge in [-0.05, 0) is 51.9 Å². The van der Waals surface area contributed by atoms with Crippen LogP contribution in [0.4, 0.5) is 0 Å². The van der Waals surface area contributed by atoms with Gasteiger partial charge in [-0.2, -0.15) is 5.26 Å². The van der Waals surface area contributed by atoms with Crippen molar-refractivity contribution in [3.8, 4) is 11.8 Å². The first-order valence-electron chi connectivity index (χ1n) is 6.96. The molecule has 110 valence electrons. The minimum Gasteiger partial charge on any atom is -0.493 e. The first-order chi connectivity index (χ1) is 9.39. The first-order valence-corrected chi connectivity index (χ1v) is 7.34. The number of benzene rings is 1. The van der Waals surface area contributed by atoms with Crippen LogP contribution in [0.5, 0.6) is 5.75 Å². The standard InChI is InChI=1S/C16H23ClN2O/c1-5-19-12(2)14-10-13(17)6-7-15(14)20-9-8-16(3,4)11-18/h6-7,10,12,19H,5,8-9H2,1-4H3. The van der Waals surface area contributed by atoms with Crippen molar-refractivity contribution < 1.29 is 4.74 Å². The lowest BCUT2D eigenvalue weighted by atomic mass is 9.92. The zero-order chi connectivity index (χ0) is 15.2. The van der Waals surface area contributed by atoms with Crippen molar-refractivity contribution >= 4 is 11.6 Å². The molecule has 3 nitrogen and oxygen atoms in total. The van der Waals surface area contributed by atoms with Gasteiger partial charge in [0.15, 0.2) is 0 Å². The number of rotatable bonds is 7. The Labute approximate surface area is 126 Å². The third-order valence-electron chi connectivity index (χ3n) is 3.24. The fourth-order valence-electron chi connectivity index (χ4n) is 1.88. The molecule has 1 rings (SSSR count). The zero-order valence-electron chi connectivity index (χ0n) is 12.7. The molecular weight excluding hydrogens is 272 g/mol. The molecule has 4 heteroatoms. The predicted octanol–water partition coefficient (Wildman–Crippen LogP) is 4.33. The van der Waals surface area contributed by atoms with E-state index in [2.05, 4.69) is 25.2 Å². The second-order valence-electron chi connectivity index (χ2n) is 5.56. The lowest BCUT2D eigenvalue weighted by molar-refractivity contribution is 0.260. The van der Waals surface area contributed by atoms with Crippen LogP contribution >= 0.6 is 11.6 Å². The van der Waals surface area contributed by atoms with Crippen LogP contribution in [0.2, 0.25) is 5.02 Å². The highest BCUT2D eigenvalue weighted by atomic mass is 35.5. The van der Waals surface area contributed by atoms with E-state index in [0.717, 1.165) is 17.9 Å². The van der Waals surface area contributed by atoms with Crippen molar-refractivity contribution in [2.45, 2.75) is 40.2 Å². The third kappa shape index (κ3) is 5.03. The lowest BCUT2D eigenvalue weighted by Crippen LogP contribution is -2.19. The van der Waals surface area contributed by atoms with Crippen LogP contribution < -0.4 is 10.1 Å². The van der Waals surface area contributed by atoms with Gasteiger partial charge in [0.05, 0.1) is 18.1 Å². The van der Waals surface area contributed by atoms with E-state index >= 15 is 0 Å². The second-order valence-corrected chi connectivity index (χ2v) is 5.99. The van der Waals surface area contributed by atoms with Gasteiger partial charge in [0.2, 0.25) is 0 Å². The van der Waals surface area contributed by atoms with Crippen molar-refractivity contribution in [2.75, 3.05) is 13.2 Å². The summed E-state index contributed by atoms with van der Waals surface area (Å²) in [5.74, 6) is 0.830. The van der Waals surface area contributed by atoms with Crippen LogP contribution in [0.25, 0.3) is 0 Å². The second kappa shape index (κ2) is 7.52. The van der Waals surface area contributed by atoms with Crippen molar-refractivity contribution in [1.82, 2.24) is 5.32 Å². The van der Waals surface area contributed by atoms with Gasteiger partial charge >= 0.3 is 0 Å². The predicted molar refractivity (Wildman–Crippen MR) is 83.0 cm³/mol. The van der Waals surface area contributed by atoms with Gasteiger partial charge in [-0.25, -0.2) is 0 Å². The fraction of sp³-hybridized carbons (Fsp3) is 0.562. The Bertz CT molecular complexity index is 480. The molecule has 1 unspecified atom stereocenters. The van der Waals surface area contributed by atoms with E-state index < -0.39 is 0 Å². The number of hydrogen-bond acceptors (Lipinski definition) is 3. The topological polar surface area (TPSA) is 45.0 Å². The summed E-state index contributed by atoms with van der Waals surface area (Å²) in [6.45, 7) is 9.39. The van der Waals surface area contributed by atoms with Crippen LogP contribution in [-0.2, 0) is 0 Å². The molecule has 0 aliphatic heterocycles. The Kier molecular flexibility index (Phi) is 6.32. The summed E-state index contributed by atoms with van der Waals surface area (Å²) in [5, 5.41) is 13.1. The van der Waals surface area contributed by atoms with E-state index in [-0.39, 0.29) is 11.5 Å². The normalized spacial score (nSPS) is 12.8. The summed E-state index contributed by atoms with van der Waals surface area (Å²) in [5.41, 5.74) is 0.689. The molecule has 0 heterocycles. The molecule has 0 saturated heterocycles. The number of nitriles is 1. The van der Waals surface area contributed by atoms with Crippen molar-refractivity contribution in [2.24, 2.45) is 5.41 Å². The number of halogens is 1. The average Bonchev–Trinajstić information content (AvgIpc) is 2.40. The first kappa shape index (κ1) is 16.8. The average molecular weight is 295 g/mol.